The Bertz CT molecular complexity index is 1080. The number of hydrogen-bond acceptors (Lipinski definition) is 0. The molecule has 0 heterocycles. The van der Waals surface area contributed by atoms with E-state index in [1.165, 1.54) is 30.7 Å². The molecule has 4 rings (SSSR count). The summed E-state index contributed by atoms with van der Waals surface area (Å²) >= 11 is 0. The van der Waals surface area contributed by atoms with Crippen molar-refractivity contribution in [2.75, 3.05) is 6.26 Å². The summed E-state index contributed by atoms with van der Waals surface area (Å²) in [7, 11) is -3.01. The van der Waals surface area contributed by atoms with Gasteiger partial charge >= 0.3 is 0 Å². The summed E-state index contributed by atoms with van der Waals surface area (Å²) in [6.45, 7) is 9.35. The fraction of sp³-hybridized carbons (Fsp3) is 0.226. The molecule has 0 bridgehead atoms. The summed E-state index contributed by atoms with van der Waals surface area (Å²) in [4.78, 5) is 5.75. The van der Waals surface area contributed by atoms with Crippen LogP contribution in [0.25, 0.3) is 0 Å². The first kappa shape index (κ1) is 22.4. The van der Waals surface area contributed by atoms with E-state index < -0.39 is 9.16 Å². The third-order valence-corrected chi connectivity index (χ3v) is 13.5. The van der Waals surface area contributed by atoms with Gasteiger partial charge in [0.25, 0.3) is 0 Å². The van der Waals surface area contributed by atoms with Gasteiger partial charge in [0.2, 0.25) is 0 Å². The fourth-order valence-corrected chi connectivity index (χ4v) is 11.4. The number of rotatable bonds is 6. The van der Waals surface area contributed by atoms with Crippen LogP contribution in [-0.4, -0.2) is 6.26 Å². The van der Waals surface area contributed by atoms with Crippen LogP contribution in [0.2, 0.25) is 0 Å². The molecule has 0 aliphatic heterocycles. The molecule has 0 saturated carbocycles. The average molecular weight is 441 g/mol. The number of benzene rings is 4. The van der Waals surface area contributed by atoms with E-state index in [1.807, 2.05) is 0 Å². The Morgan fingerprint density at radius 2 is 0.875 bits per heavy atom. The van der Waals surface area contributed by atoms with E-state index in [-0.39, 0.29) is 0 Å². The van der Waals surface area contributed by atoms with E-state index in [4.69, 9.17) is 0 Å². The quantitative estimate of drug-likeness (QED) is 0.284. The lowest BCUT2D eigenvalue weighted by Crippen LogP contribution is -2.22. The van der Waals surface area contributed by atoms with Crippen LogP contribution in [0.3, 0.4) is 0 Å². The van der Waals surface area contributed by atoms with Crippen LogP contribution in [0.5, 0.6) is 0 Å². The van der Waals surface area contributed by atoms with Gasteiger partial charge in [0.05, 0.1) is 0 Å². The first-order chi connectivity index (χ1) is 15.4. The van der Waals surface area contributed by atoms with Crippen molar-refractivity contribution < 1.29 is 0 Å². The zero-order valence-corrected chi connectivity index (χ0v) is 20.9. The normalized spacial score (nSPS) is 13.2. The van der Waals surface area contributed by atoms with Gasteiger partial charge in [0.1, 0.15) is 0 Å². The maximum atomic E-state index is 2.57. The van der Waals surface area contributed by atoms with Crippen molar-refractivity contribution in [3.8, 4) is 0 Å². The second-order valence-electron chi connectivity index (χ2n) is 9.66. The van der Waals surface area contributed by atoms with E-state index in [9.17, 15) is 0 Å². The molecular weight excluding hydrogens is 404 g/mol. The molecule has 1 heteroatoms. The van der Waals surface area contributed by atoms with Crippen molar-refractivity contribution in [3.63, 3.8) is 0 Å². The highest BCUT2D eigenvalue weighted by Gasteiger charge is 2.45. The lowest BCUT2D eigenvalue weighted by Gasteiger charge is -2.61. The predicted molar refractivity (Wildman–Crippen MR) is 142 cm³/mol. The lowest BCUT2D eigenvalue weighted by atomic mass is 9.91. The molecule has 0 unspecified atom stereocenters. The summed E-state index contributed by atoms with van der Waals surface area (Å²) in [6, 6.07) is 40.8. The van der Waals surface area contributed by atoms with E-state index in [0.717, 1.165) is 0 Å². The van der Waals surface area contributed by atoms with Crippen LogP contribution in [0.4, 0.5) is 0 Å². The monoisotopic (exact) mass is 440 g/mol. The molecule has 4 aromatic rings. The third-order valence-electron chi connectivity index (χ3n) is 7.12. The maximum Gasteiger partial charge on any atom is -0.0103 e. The first-order valence-corrected chi connectivity index (χ1v) is 14.4. The molecule has 0 aliphatic rings. The van der Waals surface area contributed by atoms with Crippen molar-refractivity contribution in [1.29, 1.82) is 0 Å². The Labute approximate surface area is 194 Å². The SMILES string of the molecule is CC(C)c1cccc([SH](C)(c2ccccc2)(c2ccccc2)c2ccccc2)c1C(C)C. The molecule has 32 heavy (non-hydrogen) atoms. The molecule has 4 aromatic carbocycles. The molecule has 0 aromatic heterocycles. The molecule has 0 N–H and O–H groups in total. The summed E-state index contributed by atoms with van der Waals surface area (Å²) in [5.41, 5.74) is 2.98. The molecule has 0 fully saturated rings. The van der Waals surface area contributed by atoms with Crippen molar-refractivity contribution in [3.05, 3.63) is 120 Å². The van der Waals surface area contributed by atoms with E-state index in [2.05, 4.69) is 143 Å². The third kappa shape index (κ3) is 3.31. The molecule has 0 spiro atoms. The maximum absolute atomic E-state index is 3.01. The van der Waals surface area contributed by atoms with Gasteiger partial charge in [-0.15, -0.1) is 0 Å². The Kier molecular flexibility index (Phi) is 6.05. The first-order valence-electron chi connectivity index (χ1n) is 11.7. The summed E-state index contributed by atoms with van der Waals surface area (Å²) in [5.74, 6) is 0.907. The van der Waals surface area contributed by atoms with Gasteiger partial charge in [0.15, 0.2) is 0 Å². The second kappa shape index (κ2) is 8.64. The summed E-state index contributed by atoms with van der Waals surface area (Å²) in [6.07, 6.45) is 2.57. The van der Waals surface area contributed by atoms with Gasteiger partial charge in [-0.2, -0.15) is 0 Å². The van der Waals surface area contributed by atoms with Crippen LogP contribution in [0, 0.1) is 0 Å². The summed E-state index contributed by atoms with van der Waals surface area (Å²) < 4.78 is 0. The van der Waals surface area contributed by atoms with Crippen molar-refractivity contribution in [2.24, 2.45) is 0 Å². The topological polar surface area (TPSA) is 0 Å². The van der Waals surface area contributed by atoms with Crippen LogP contribution < -0.4 is 0 Å². The molecular formula is C31H36S. The molecule has 0 saturated heterocycles. The smallest absolute Gasteiger partial charge is 0.0103 e. The Balaban J connectivity index is 2.30. The highest BCUT2D eigenvalue weighted by atomic mass is 32.3. The van der Waals surface area contributed by atoms with Crippen molar-refractivity contribution in [1.82, 2.24) is 0 Å². The van der Waals surface area contributed by atoms with Crippen LogP contribution in [0.1, 0.15) is 50.7 Å². The lowest BCUT2D eigenvalue weighted by molar-refractivity contribution is 0.769. The van der Waals surface area contributed by atoms with Gasteiger partial charge in [-0.25, -0.2) is 9.16 Å². The van der Waals surface area contributed by atoms with E-state index in [0.29, 0.717) is 11.8 Å². The Hall–Kier alpha value is -2.77. The molecule has 0 radical (unpaired) electrons. The van der Waals surface area contributed by atoms with Gasteiger partial charge in [0, 0.05) is 0 Å². The molecule has 0 nitrogen and oxygen atoms in total. The van der Waals surface area contributed by atoms with Crippen molar-refractivity contribution >= 4 is 9.16 Å². The highest BCUT2D eigenvalue weighted by molar-refractivity contribution is 8.49. The minimum absolute atomic E-state index is 0.432. The Morgan fingerprint density at radius 1 is 0.469 bits per heavy atom. The Morgan fingerprint density at radius 3 is 1.22 bits per heavy atom. The molecule has 166 valence electrons. The minimum Gasteiger partial charge on any atom is -0.202 e. The molecule has 0 amide bonds. The average Bonchev–Trinajstić information content (AvgIpc) is 2.84. The van der Waals surface area contributed by atoms with Gasteiger partial charge in [-0.1, -0.05) is 137 Å². The van der Waals surface area contributed by atoms with E-state index >= 15 is 0 Å². The van der Waals surface area contributed by atoms with E-state index in [1.54, 1.807) is 0 Å². The molecule has 0 aliphatic carbocycles. The number of thiol groups is 1. The van der Waals surface area contributed by atoms with Gasteiger partial charge < -0.3 is 0 Å². The highest BCUT2D eigenvalue weighted by Crippen LogP contribution is 2.88. The zero-order chi connectivity index (χ0) is 22.8. The predicted octanol–water partition coefficient (Wildman–Crippen LogP) is 9.17. The largest absolute Gasteiger partial charge is 0.202 e. The van der Waals surface area contributed by atoms with Gasteiger partial charge in [-0.05, 0) is 48.8 Å². The van der Waals surface area contributed by atoms with Crippen LogP contribution in [-0.2, 0) is 0 Å². The van der Waals surface area contributed by atoms with Crippen LogP contribution >= 0.6 is 9.16 Å². The minimum atomic E-state index is -3.01. The zero-order valence-electron chi connectivity index (χ0n) is 20.0. The number of hydrogen-bond donors (Lipinski definition) is 1. The van der Waals surface area contributed by atoms with Crippen LogP contribution in [0.15, 0.2) is 129 Å². The summed E-state index contributed by atoms with van der Waals surface area (Å²) in [5, 5.41) is 0. The second-order valence-corrected chi connectivity index (χ2v) is 14.8. The fourth-order valence-electron chi connectivity index (χ4n) is 5.46. The van der Waals surface area contributed by atoms with Crippen molar-refractivity contribution in [2.45, 2.75) is 59.1 Å². The standard InChI is InChI=1S/C31H36S/c1-24(2)29-22-15-23-30(31(29)25(3)4)32(5,26-16-9-6-10-17-26,27-18-11-7-12-19-27)28-20-13-8-14-21-28/h6-25,32H,1-5H3. The molecule has 0 atom stereocenters. The van der Waals surface area contributed by atoms with Gasteiger partial charge in [-0.3, -0.25) is 0 Å².